The van der Waals surface area contributed by atoms with E-state index < -0.39 is 5.41 Å². The number of hydrogen-bond donors (Lipinski definition) is 0. The topological polar surface area (TPSA) is 25.8 Å². The fourth-order valence-electron chi connectivity index (χ4n) is 11.6. The molecule has 0 fully saturated rings. The van der Waals surface area contributed by atoms with Crippen molar-refractivity contribution >= 4 is 32.3 Å². The van der Waals surface area contributed by atoms with E-state index in [1.54, 1.807) is 0 Å². The van der Waals surface area contributed by atoms with Crippen LogP contribution in [0.3, 0.4) is 0 Å². The quantitative estimate of drug-likeness (QED) is 0.127. The van der Waals surface area contributed by atoms with Crippen molar-refractivity contribution in [2.75, 3.05) is 0 Å². The van der Waals surface area contributed by atoms with Crippen LogP contribution in [-0.4, -0.2) is 9.97 Å². The molecule has 1 heterocycles. The molecule has 2 heteroatoms. The van der Waals surface area contributed by atoms with Gasteiger partial charge in [0.2, 0.25) is 0 Å². The molecule has 1 aromatic heterocycles. The van der Waals surface area contributed by atoms with E-state index in [9.17, 15) is 0 Å². The first-order valence-electron chi connectivity index (χ1n) is 23.1. The molecule has 2 aliphatic rings. The second-order valence-electron chi connectivity index (χ2n) is 18.0. The molecule has 0 aliphatic heterocycles. The molecule has 12 aromatic rings. The maximum Gasteiger partial charge on any atom is 0.160 e. The van der Waals surface area contributed by atoms with Crippen molar-refractivity contribution < 1.29 is 0 Å². The van der Waals surface area contributed by atoms with E-state index in [1.165, 1.54) is 93.5 Å². The second kappa shape index (κ2) is 14.7. The van der Waals surface area contributed by atoms with Gasteiger partial charge in [-0.3, -0.25) is 0 Å². The molecule has 0 N–H and O–H groups in total. The van der Waals surface area contributed by atoms with Gasteiger partial charge in [-0.15, -0.1) is 0 Å². The van der Waals surface area contributed by atoms with Crippen molar-refractivity contribution in [1.82, 2.24) is 9.97 Å². The number of nitrogens with zero attached hydrogens (tertiary/aromatic N) is 2. The first-order chi connectivity index (χ1) is 33.2. The molecule has 310 valence electrons. The average Bonchev–Trinajstić information content (AvgIpc) is 3.88. The van der Waals surface area contributed by atoms with Gasteiger partial charge in [-0.1, -0.05) is 231 Å². The molecule has 0 atom stereocenters. The van der Waals surface area contributed by atoms with Crippen molar-refractivity contribution in [2.45, 2.75) is 5.41 Å². The zero-order valence-electron chi connectivity index (χ0n) is 36.5. The summed E-state index contributed by atoms with van der Waals surface area (Å²) in [5, 5.41) is 7.50. The third-order valence-electron chi connectivity index (χ3n) is 14.5. The number of rotatable bonds is 5. The lowest BCUT2D eigenvalue weighted by Gasteiger charge is -2.32. The van der Waals surface area contributed by atoms with Gasteiger partial charge in [-0.25, -0.2) is 9.97 Å². The maximum atomic E-state index is 5.56. The van der Waals surface area contributed by atoms with Crippen LogP contribution in [0.4, 0.5) is 0 Å². The largest absolute Gasteiger partial charge is 0.228 e. The normalized spacial score (nSPS) is 12.9. The SMILES string of the molecule is c1ccc(-c2ccc(-c3nc(-c4ccc(-c5c6ccccc6cc6c5ccc5ccccc56)cc4)cc(-c4cccc5c4C4(c6ccccc6-c6ccccc64)c4ccccc4-5)n3)cc2)cc1. The van der Waals surface area contributed by atoms with E-state index in [1.807, 2.05) is 0 Å². The van der Waals surface area contributed by atoms with Crippen LogP contribution in [-0.2, 0) is 5.41 Å². The van der Waals surface area contributed by atoms with Gasteiger partial charge >= 0.3 is 0 Å². The number of hydrogen-bond acceptors (Lipinski definition) is 2. The van der Waals surface area contributed by atoms with Crippen LogP contribution in [0.2, 0.25) is 0 Å². The summed E-state index contributed by atoms with van der Waals surface area (Å²) in [6.07, 6.45) is 0. The minimum atomic E-state index is -0.521. The Balaban J connectivity index is 0.983. The number of aromatic nitrogens is 2. The van der Waals surface area contributed by atoms with Crippen LogP contribution in [0.5, 0.6) is 0 Å². The number of fused-ring (bicyclic) bond motifs is 14. The summed E-state index contributed by atoms with van der Waals surface area (Å²) in [6, 6.07) is 88.7. The highest BCUT2D eigenvalue weighted by atomic mass is 14.9. The van der Waals surface area contributed by atoms with Crippen LogP contribution < -0.4 is 0 Å². The van der Waals surface area contributed by atoms with E-state index in [0.29, 0.717) is 5.82 Å². The Kier molecular flexibility index (Phi) is 8.23. The summed E-state index contributed by atoms with van der Waals surface area (Å²) in [6.45, 7) is 0. The fraction of sp³-hybridized carbons (Fsp3) is 0.0154. The maximum absolute atomic E-state index is 5.56. The van der Waals surface area contributed by atoms with Crippen LogP contribution >= 0.6 is 0 Å². The molecule has 1 spiro atoms. The van der Waals surface area contributed by atoms with Crippen molar-refractivity contribution in [3.63, 3.8) is 0 Å². The van der Waals surface area contributed by atoms with Gasteiger partial charge in [0.1, 0.15) is 0 Å². The molecule has 0 saturated heterocycles. The smallest absolute Gasteiger partial charge is 0.160 e. The lowest BCUT2D eigenvalue weighted by atomic mass is 9.69. The summed E-state index contributed by atoms with van der Waals surface area (Å²) in [5.41, 5.74) is 19.4. The van der Waals surface area contributed by atoms with E-state index in [4.69, 9.17) is 9.97 Å². The van der Waals surface area contributed by atoms with E-state index in [0.717, 1.165) is 33.6 Å². The van der Waals surface area contributed by atoms with Gasteiger partial charge in [-0.2, -0.15) is 0 Å². The average molecular weight is 849 g/mol. The van der Waals surface area contributed by atoms with Crippen LogP contribution in [0.1, 0.15) is 22.3 Å². The predicted molar refractivity (Wildman–Crippen MR) is 278 cm³/mol. The Hall–Kier alpha value is -8.72. The molecule has 0 unspecified atom stereocenters. The molecule has 11 aromatic carbocycles. The van der Waals surface area contributed by atoms with Crippen LogP contribution in [0.15, 0.2) is 243 Å². The summed E-state index contributed by atoms with van der Waals surface area (Å²) in [5.74, 6) is 0.692. The summed E-state index contributed by atoms with van der Waals surface area (Å²) in [7, 11) is 0. The van der Waals surface area contributed by atoms with E-state index >= 15 is 0 Å². The van der Waals surface area contributed by atoms with E-state index in [-0.39, 0.29) is 0 Å². The molecule has 2 nitrogen and oxygen atoms in total. The highest BCUT2D eigenvalue weighted by Crippen LogP contribution is 2.64. The van der Waals surface area contributed by atoms with Gasteiger partial charge in [0.25, 0.3) is 0 Å². The van der Waals surface area contributed by atoms with Crippen molar-refractivity contribution in [1.29, 1.82) is 0 Å². The zero-order valence-corrected chi connectivity index (χ0v) is 36.5. The van der Waals surface area contributed by atoms with Crippen molar-refractivity contribution in [3.05, 3.63) is 265 Å². The fourth-order valence-corrected chi connectivity index (χ4v) is 11.6. The molecule has 14 rings (SSSR count). The molecule has 0 amide bonds. The first-order valence-corrected chi connectivity index (χ1v) is 23.1. The molecule has 2 aliphatic carbocycles. The lowest BCUT2D eigenvalue weighted by molar-refractivity contribution is 0.795. The standard InChI is InChI=1S/C65H40N2/c1-2-15-41(16-3-1)42-29-35-46(36-30-42)64-66-60(44-31-33-45(34-32-44)62-49-20-7-5-18-47(49)39-56-48-19-6-4-17-43(48)37-38-53(56)62)40-61(67-64)55-25-14-24-54-52-23-10-13-28-59(52)65(63(54)55)57-26-11-8-21-50(57)51-22-9-12-27-58(51)65/h1-40H. The molecule has 0 radical (unpaired) electrons. The van der Waals surface area contributed by atoms with Gasteiger partial charge in [0, 0.05) is 16.7 Å². The Bertz CT molecular complexity index is 3900. The van der Waals surface area contributed by atoms with Gasteiger partial charge in [0.15, 0.2) is 5.82 Å². The summed E-state index contributed by atoms with van der Waals surface area (Å²) >= 11 is 0. The van der Waals surface area contributed by atoms with Crippen molar-refractivity contribution in [3.8, 4) is 78.4 Å². The second-order valence-corrected chi connectivity index (χ2v) is 18.0. The Labute approximate surface area is 389 Å². The first kappa shape index (κ1) is 37.6. The Morgan fingerprint density at radius 1 is 0.269 bits per heavy atom. The molecular formula is C65H40N2. The predicted octanol–water partition coefficient (Wildman–Crippen LogP) is 16.6. The highest BCUT2D eigenvalue weighted by molar-refractivity contribution is 6.20. The number of benzene rings is 11. The molecule has 0 saturated carbocycles. The summed E-state index contributed by atoms with van der Waals surface area (Å²) < 4.78 is 0. The minimum Gasteiger partial charge on any atom is -0.228 e. The highest BCUT2D eigenvalue weighted by Gasteiger charge is 2.52. The van der Waals surface area contributed by atoms with Gasteiger partial charge < -0.3 is 0 Å². The summed E-state index contributed by atoms with van der Waals surface area (Å²) in [4.78, 5) is 11.0. The minimum absolute atomic E-state index is 0.521. The lowest BCUT2D eigenvalue weighted by Crippen LogP contribution is -2.26. The van der Waals surface area contributed by atoms with Gasteiger partial charge in [-0.05, 0) is 111 Å². The third-order valence-corrected chi connectivity index (χ3v) is 14.5. The Morgan fingerprint density at radius 3 is 1.49 bits per heavy atom. The Morgan fingerprint density at radius 2 is 0.776 bits per heavy atom. The van der Waals surface area contributed by atoms with Crippen molar-refractivity contribution in [2.24, 2.45) is 0 Å². The van der Waals surface area contributed by atoms with E-state index in [2.05, 4.69) is 243 Å². The molecule has 0 bridgehead atoms. The van der Waals surface area contributed by atoms with Crippen LogP contribution in [0.25, 0.3) is 111 Å². The monoisotopic (exact) mass is 848 g/mol. The third kappa shape index (κ3) is 5.57. The van der Waals surface area contributed by atoms with Gasteiger partial charge in [0.05, 0.1) is 16.8 Å². The molecule has 67 heavy (non-hydrogen) atoms. The zero-order chi connectivity index (χ0) is 44.1. The van der Waals surface area contributed by atoms with Crippen LogP contribution in [0, 0.1) is 0 Å². The molecular weight excluding hydrogens is 809 g/mol.